The fourth-order valence-electron chi connectivity index (χ4n) is 2.94. The van der Waals surface area contributed by atoms with Crippen LogP contribution in [0.15, 0.2) is 53.3 Å². The van der Waals surface area contributed by atoms with Crippen molar-refractivity contribution in [1.82, 2.24) is 15.0 Å². The highest BCUT2D eigenvalue weighted by atomic mass is 19.4. The van der Waals surface area contributed by atoms with Crippen LogP contribution in [-0.2, 0) is 24.4 Å². The number of hydrogen-bond donors (Lipinski definition) is 1. The lowest BCUT2D eigenvalue weighted by Crippen LogP contribution is -2.36. The molecule has 3 heterocycles. The Hall–Kier alpha value is -3.96. The van der Waals surface area contributed by atoms with Crippen LogP contribution in [0, 0.1) is 5.82 Å². The van der Waals surface area contributed by atoms with Gasteiger partial charge in [0, 0.05) is 30.3 Å². The number of carboxylic acid groups (broad SMARTS) is 1. The van der Waals surface area contributed by atoms with Crippen LogP contribution in [0.1, 0.15) is 27.4 Å². The normalized spacial score (nSPS) is 12.9. The summed E-state index contributed by atoms with van der Waals surface area (Å²) in [5.74, 6) is -2.00. The fourth-order valence-corrected chi connectivity index (χ4v) is 2.94. The molecule has 8 nitrogen and oxygen atoms in total. The van der Waals surface area contributed by atoms with Crippen LogP contribution < -0.4 is 4.74 Å². The fraction of sp³-hybridized carbons (Fsp3) is 0.238. The third kappa shape index (κ3) is 6.28. The van der Waals surface area contributed by atoms with Crippen molar-refractivity contribution in [3.63, 3.8) is 0 Å². The molecular weight excluding hydrogens is 450 g/mol. The van der Waals surface area contributed by atoms with Crippen LogP contribution >= 0.6 is 0 Å². The van der Waals surface area contributed by atoms with E-state index in [0.717, 1.165) is 11.3 Å². The van der Waals surface area contributed by atoms with E-state index in [9.17, 15) is 22.4 Å². The van der Waals surface area contributed by atoms with E-state index in [1.165, 1.54) is 18.2 Å². The van der Waals surface area contributed by atoms with Gasteiger partial charge in [-0.15, -0.1) is 0 Å². The second kappa shape index (κ2) is 10.1. The molecule has 0 saturated carbocycles. The largest absolute Gasteiger partial charge is 0.490 e. The van der Waals surface area contributed by atoms with Crippen molar-refractivity contribution in [1.29, 1.82) is 0 Å². The summed E-state index contributed by atoms with van der Waals surface area (Å²) in [6.45, 7) is 1.09. The van der Waals surface area contributed by atoms with Crippen molar-refractivity contribution in [2.45, 2.75) is 25.7 Å². The molecule has 1 aliphatic rings. The van der Waals surface area contributed by atoms with E-state index in [0.29, 0.717) is 36.5 Å². The third-order valence-corrected chi connectivity index (χ3v) is 4.52. The van der Waals surface area contributed by atoms with E-state index in [4.69, 9.17) is 19.2 Å². The summed E-state index contributed by atoms with van der Waals surface area (Å²) < 4.78 is 56.2. The molecule has 33 heavy (non-hydrogen) atoms. The molecule has 0 aliphatic carbocycles. The predicted octanol–water partition coefficient (Wildman–Crippen LogP) is 3.62. The van der Waals surface area contributed by atoms with Gasteiger partial charge in [0.1, 0.15) is 29.6 Å². The van der Waals surface area contributed by atoms with Crippen molar-refractivity contribution < 1.29 is 41.5 Å². The molecule has 2 aromatic heterocycles. The van der Waals surface area contributed by atoms with Gasteiger partial charge in [0.25, 0.3) is 5.91 Å². The molecule has 1 aliphatic heterocycles. The Labute approximate surface area is 184 Å². The first-order valence-corrected chi connectivity index (χ1v) is 9.49. The van der Waals surface area contributed by atoms with Crippen molar-refractivity contribution in [2.24, 2.45) is 0 Å². The van der Waals surface area contributed by atoms with E-state index in [2.05, 4.69) is 10.1 Å². The number of hydrogen-bond acceptors (Lipinski definition) is 6. The lowest BCUT2D eigenvalue weighted by Gasteiger charge is -2.26. The van der Waals surface area contributed by atoms with Gasteiger partial charge in [-0.25, -0.2) is 9.18 Å². The highest BCUT2D eigenvalue weighted by molar-refractivity contribution is 5.94. The van der Waals surface area contributed by atoms with E-state index in [1.807, 2.05) is 0 Å². The first-order chi connectivity index (χ1) is 15.6. The van der Waals surface area contributed by atoms with Gasteiger partial charge in [-0.05, 0) is 30.3 Å². The number of fused-ring (bicyclic) bond motifs is 1. The highest BCUT2D eigenvalue weighted by Crippen LogP contribution is 2.25. The van der Waals surface area contributed by atoms with Crippen LogP contribution in [0.4, 0.5) is 17.6 Å². The van der Waals surface area contributed by atoms with Gasteiger partial charge in [0.2, 0.25) is 0 Å². The molecular formula is C21H17F4N3O5. The maximum atomic E-state index is 13.4. The van der Waals surface area contributed by atoms with E-state index < -0.39 is 18.0 Å². The summed E-state index contributed by atoms with van der Waals surface area (Å²) in [5.41, 5.74) is 1.84. The van der Waals surface area contributed by atoms with Gasteiger partial charge < -0.3 is 19.3 Å². The molecule has 174 valence electrons. The summed E-state index contributed by atoms with van der Waals surface area (Å²) in [6.07, 6.45) is -1.23. The Balaban J connectivity index is 0.000000383. The Kier molecular flexibility index (Phi) is 7.26. The van der Waals surface area contributed by atoms with E-state index >= 15 is 0 Å². The summed E-state index contributed by atoms with van der Waals surface area (Å²) in [6, 6.07) is 9.30. The summed E-state index contributed by atoms with van der Waals surface area (Å²) in [7, 11) is 0. The molecule has 0 bridgehead atoms. The SMILES string of the molecule is O=C(O)C(F)(F)F.O=C(c1cccc(F)c1)N1CCc2onc(COc3cccnc3)c2C1. The second-order valence-corrected chi connectivity index (χ2v) is 6.80. The number of aliphatic carboxylic acids is 1. The summed E-state index contributed by atoms with van der Waals surface area (Å²) >= 11 is 0. The van der Waals surface area contributed by atoms with Gasteiger partial charge in [-0.3, -0.25) is 9.78 Å². The maximum absolute atomic E-state index is 13.4. The number of carboxylic acids is 1. The minimum atomic E-state index is -5.08. The molecule has 1 aromatic carbocycles. The summed E-state index contributed by atoms with van der Waals surface area (Å²) in [5, 5.41) is 11.2. The molecule has 0 fully saturated rings. The number of nitrogens with zero attached hydrogens (tertiary/aromatic N) is 3. The van der Waals surface area contributed by atoms with Gasteiger partial charge in [0.15, 0.2) is 0 Å². The standard InChI is InChI=1S/C19H16FN3O3.C2HF3O2/c20-14-4-1-3-13(9-14)19(24)23-8-6-18-16(11-23)17(22-26-18)12-25-15-5-2-7-21-10-15;3-2(4,5)1(6)7/h1-5,7,9-10H,6,8,11-12H2;(H,6,7). The van der Waals surface area contributed by atoms with Crippen molar-refractivity contribution in [2.75, 3.05) is 6.54 Å². The zero-order valence-corrected chi connectivity index (χ0v) is 16.9. The van der Waals surface area contributed by atoms with Crippen LogP contribution in [0.3, 0.4) is 0 Å². The number of amides is 1. The Morgan fingerprint density at radius 2 is 1.97 bits per heavy atom. The first-order valence-electron chi connectivity index (χ1n) is 9.49. The maximum Gasteiger partial charge on any atom is 0.490 e. The molecule has 0 unspecified atom stereocenters. The smallest absolute Gasteiger partial charge is 0.486 e. The predicted molar refractivity (Wildman–Crippen MR) is 104 cm³/mol. The molecule has 0 atom stereocenters. The van der Waals surface area contributed by atoms with E-state index in [1.54, 1.807) is 35.5 Å². The second-order valence-electron chi connectivity index (χ2n) is 6.80. The third-order valence-electron chi connectivity index (χ3n) is 4.52. The Morgan fingerprint density at radius 1 is 1.21 bits per heavy atom. The lowest BCUT2D eigenvalue weighted by molar-refractivity contribution is -0.192. The number of carbonyl (C=O) groups excluding carboxylic acids is 1. The lowest BCUT2D eigenvalue weighted by atomic mass is 10.0. The zero-order valence-electron chi connectivity index (χ0n) is 16.9. The van der Waals surface area contributed by atoms with Gasteiger partial charge >= 0.3 is 12.1 Å². The van der Waals surface area contributed by atoms with Gasteiger partial charge in [0.05, 0.1) is 12.7 Å². The van der Waals surface area contributed by atoms with Crippen LogP contribution in [0.25, 0.3) is 0 Å². The Morgan fingerprint density at radius 3 is 2.61 bits per heavy atom. The number of ether oxygens (including phenoxy) is 1. The summed E-state index contributed by atoms with van der Waals surface area (Å²) in [4.78, 5) is 27.2. The first kappa shape index (κ1) is 23.7. The van der Waals surface area contributed by atoms with E-state index in [-0.39, 0.29) is 12.5 Å². The molecule has 0 radical (unpaired) electrons. The number of alkyl halides is 3. The molecule has 0 spiro atoms. The molecule has 1 N–H and O–H groups in total. The van der Waals surface area contributed by atoms with Crippen molar-refractivity contribution in [3.05, 3.63) is 77.2 Å². The Bertz CT molecular complexity index is 1120. The molecule has 0 saturated heterocycles. The van der Waals surface area contributed by atoms with Crippen LogP contribution in [0.2, 0.25) is 0 Å². The minimum absolute atomic E-state index is 0.213. The average molecular weight is 467 g/mol. The molecule has 4 rings (SSSR count). The minimum Gasteiger partial charge on any atom is -0.486 e. The molecule has 3 aromatic rings. The topological polar surface area (TPSA) is 106 Å². The van der Waals surface area contributed by atoms with Crippen LogP contribution in [0.5, 0.6) is 5.75 Å². The average Bonchev–Trinajstić information content (AvgIpc) is 3.20. The molecule has 12 heteroatoms. The highest BCUT2D eigenvalue weighted by Gasteiger charge is 2.38. The number of halogens is 4. The quantitative estimate of drug-likeness (QED) is 0.585. The number of carbonyl (C=O) groups is 2. The van der Waals surface area contributed by atoms with Crippen molar-refractivity contribution >= 4 is 11.9 Å². The number of pyridine rings is 1. The van der Waals surface area contributed by atoms with Crippen LogP contribution in [-0.4, -0.2) is 44.7 Å². The van der Waals surface area contributed by atoms with Gasteiger partial charge in [-0.1, -0.05) is 11.2 Å². The zero-order chi connectivity index (χ0) is 24.0. The number of aromatic nitrogens is 2. The monoisotopic (exact) mass is 467 g/mol. The number of benzene rings is 1. The van der Waals surface area contributed by atoms with Crippen molar-refractivity contribution in [3.8, 4) is 5.75 Å². The number of rotatable bonds is 4. The molecule has 1 amide bonds. The van der Waals surface area contributed by atoms with Gasteiger partial charge in [-0.2, -0.15) is 13.2 Å².